The molecular formula is C22H30N2O3S. The number of morpholine rings is 1. The van der Waals surface area contributed by atoms with E-state index >= 15 is 0 Å². The zero-order valence-electron chi connectivity index (χ0n) is 16.9. The minimum Gasteiger partial charge on any atom is -0.484 e. The quantitative estimate of drug-likeness (QED) is 0.769. The summed E-state index contributed by atoms with van der Waals surface area (Å²) < 4.78 is 11.1. The third-order valence-corrected chi connectivity index (χ3v) is 5.70. The van der Waals surface area contributed by atoms with Gasteiger partial charge >= 0.3 is 0 Å². The molecule has 0 saturated carbocycles. The molecular weight excluding hydrogens is 372 g/mol. The molecule has 1 N–H and O–H groups in total. The summed E-state index contributed by atoms with van der Waals surface area (Å²) in [5.74, 6) is 0.610. The summed E-state index contributed by atoms with van der Waals surface area (Å²) in [4.78, 5) is 14.7. The van der Waals surface area contributed by atoms with E-state index in [2.05, 4.69) is 59.9 Å². The average Bonchev–Trinajstić information content (AvgIpc) is 3.21. The number of thiophene rings is 1. The Kier molecular flexibility index (Phi) is 7.10. The number of hydrogen-bond acceptors (Lipinski definition) is 5. The molecule has 2 heterocycles. The highest BCUT2D eigenvalue weighted by molar-refractivity contribution is 7.07. The van der Waals surface area contributed by atoms with Crippen molar-refractivity contribution in [3.05, 3.63) is 52.2 Å². The van der Waals surface area contributed by atoms with Gasteiger partial charge in [0.25, 0.3) is 5.91 Å². The van der Waals surface area contributed by atoms with Crippen molar-refractivity contribution in [3.63, 3.8) is 0 Å². The van der Waals surface area contributed by atoms with Crippen molar-refractivity contribution in [3.8, 4) is 5.75 Å². The lowest BCUT2D eigenvalue weighted by atomic mass is 9.87. The Hall–Kier alpha value is -1.89. The number of amides is 1. The zero-order chi connectivity index (χ0) is 20.0. The fraction of sp³-hybridized carbons (Fsp3) is 0.500. The Bertz CT molecular complexity index is 732. The van der Waals surface area contributed by atoms with Crippen molar-refractivity contribution in [2.75, 3.05) is 39.5 Å². The summed E-state index contributed by atoms with van der Waals surface area (Å²) in [5, 5.41) is 7.26. The molecule has 1 aliphatic heterocycles. The van der Waals surface area contributed by atoms with Crippen molar-refractivity contribution in [1.29, 1.82) is 0 Å². The van der Waals surface area contributed by atoms with Gasteiger partial charge in [-0.3, -0.25) is 9.69 Å². The number of carbonyl (C=O) groups excluding carboxylic acids is 1. The normalized spacial score (nSPS) is 16.5. The van der Waals surface area contributed by atoms with Crippen molar-refractivity contribution in [1.82, 2.24) is 10.2 Å². The first-order valence-corrected chi connectivity index (χ1v) is 10.7. The molecule has 5 nitrogen and oxygen atoms in total. The first kappa shape index (κ1) is 20.8. The second kappa shape index (κ2) is 9.54. The van der Waals surface area contributed by atoms with Gasteiger partial charge in [0.05, 0.1) is 19.3 Å². The molecule has 1 unspecified atom stereocenters. The maximum atomic E-state index is 12.3. The van der Waals surface area contributed by atoms with Crippen LogP contribution >= 0.6 is 11.3 Å². The lowest BCUT2D eigenvalue weighted by Gasteiger charge is -2.34. The summed E-state index contributed by atoms with van der Waals surface area (Å²) >= 11 is 1.68. The SMILES string of the molecule is CC(C)(C)c1ccc(OCC(=O)NCC(c2ccsc2)N2CCOCC2)cc1. The molecule has 0 radical (unpaired) electrons. The molecule has 28 heavy (non-hydrogen) atoms. The van der Waals surface area contributed by atoms with E-state index in [1.54, 1.807) is 11.3 Å². The van der Waals surface area contributed by atoms with Crippen LogP contribution in [-0.2, 0) is 14.9 Å². The molecule has 3 rings (SSSR count). The van der Waals surface area contributed by atoms with E-state index in [1.165, 1.54) is 11.1 Å². The van der Waals surface area contributed by atoms with Crippen LogP contribution < -0.4 is 10.1 Å². The van der Waals surface area contributed by atoms with Crippen LogP contribution in [0.5, 0.6) is 5.75 Å². The van der Waals surface area contributed by atoms with Crippen LogP contribution in [0.1, 0.15) is 37.9 Å². The molecule has 1 fully saturated rings. The van der Waals surface area contributed by atoms with E-state index in [1.807, 2.05) is 12.1 Å². The molecule has 0 spiro atoms. The molecule has 152 valence electrons. The molecule has 0 aliphatic carbocycles. The summed E-state index contributed by atoms with van der Waals surface area (Å²) in [6.45, 7) is 10.4. The average molecular weight is 403 g/mol. The van der Waals surface area contributed by atoms with Gasteiger partial charge in [-0.15, -0.1) is 0 Å². The van der Waals surface area contributed by atoms with Crippen molar-refractivity contribution in [2.45, 2.75) is 32.2 Å². The number of hydrogen-bond donors (Lipinski definition) is 1. The van der Waals surface area contributed by atoms with E-state index in [0.717, 1.165) is 26.3 Å². The van der Waals surface area contributed by atoms with Gasteiger partial charge in [0.15, 0.2) is 6.61 Å². The first-order chi connectivity index (χ1) is 13.4. The zero-order valence-corrected chi connectivity index (χ0v) is 17.8. The third-order valence-electron chi connectivity index (χ3n) is 5.00. The maximum absolute atomic E-state index is 12.3. The standard InChI is InChI=1S/C22H30N2O3S/c1-22(2,3)18-4-6-19(7-5-18)27-15-21(25)23-14-20(17-8-13-28-16-17)24-9-11-26-12-10-24/h4-8,13,16,20H,9-12,14-15H2,1-3H3,(H,23,25). The minimum absolute atomic E-state index is 0.0222. The number of nitrogens with one attached hydrogen (secondary N) is 1. The van der Waals surface area contributed by atoms with Crippen molar-refractivity contribution >= 4 is 17.2 Å². The van der Waals surface area contributed by atoms with E-state index in [4.69, 9.17) is 9.47 Å². The molecule has 1 saturated heterocycles. The van der Waals surface area contributed by atoms with Gasteiger partial charge in [-0.25, -0.2) is 0 Å². The summed E-state index contributed by atoms with van der Waals surface area (Å²) in [7, 11) is 0. The number of ether oxygens (including phenoxy) is 2. The number of rotatable bonds is 7. The van der Waals surface area contributed by atoms with Crippen molar-refractivity contribution in [2.24, 2.45) is 0 Å². The largest absolute Gasteiger partial charge is 0.484 e. The van der Waals surface area contributed by atoms with Crippen LogP contribution in [0.15, 0.2) is 41.1 Å². The van der Waals surface area contributed by atoms with Crippen LogP contribution in [0.25, 0.3) is 0 Å². The smallest absolute Gasteiger partial charge is 0.258 e. The van der Waals surface area contributed by atoms with E-state index in [9.17, 15) is 4.79 Å². The highest BCUT2D eigenvalue weighted by Crippen LogP contribution is 2.25. The fourth-order valence-electron chi connectivity index (χ4n) is 3.27. The fourth-order valence-corrected chi connectivity index (χ4v) is 3.98. The monoisotopic (exact) mass is 402 g/mol. The Morgan fingerprint density at radius 3 is 2.54 bits per heavy atom. The van der Waals surface area contributed by atoms with Gasteiger partial charge in [-0.1, -0.05) is 32.9 Å². The number of nitrogens with zero attached hydrogens (tertiary/aromatic N) is 1. The Morgan fingerprint density at radius 2 is 1.93 bits per heavy atom. The molecule has 1 atom stereocenters. The van der Waals surface area contributed by atoms with Crippen LogP contribution in [0, 0.1) is 0 Å². The lowest BCUT2D eigenvalue weighted by Crippen LogP contribution is -2.44. The molecule has 2 aromatic rings. The molecule has 1 aromatic carbocycles. The topological polar surface area (TPSA) is 50.8 Å². The molecule has 1 aliphatic rings. The second-order valence-electron chi connectivity index (χ2n) is 8.09. The van der Waals surface area contributed by atoms with Crippen molar-refractivity contribution < 1.29 is 14.3 Å². The summed E-state index contributed by atoms with van der Waals surface area (Å²) in [5.41, 5.74) is 2.59. The molecule has 1 aromatic heterocycles. The minimum atomic E-state index is -0.103. The lowest BCUT2D eigenvalue weighted by molar-refractivity contribution is -0.123. The number of carbonyl (C=O) groups is 1. The van der Waals surface area contributed by atoms with Gasteiger partial charge in [0.2, 0.25) is 0 Å². The van der Waals surface area contributed by atoms with Crippen LogP contribution in [0.3, 0.4) is 0 Å². The molecule has 6 heteroatoms. The highest BCUT2D eigenvalue weighted by atomic mass is 32.1. The Balaban J connectivity index is 1.50. The second-order valence-corrected chi connectivity index (χ2v) is 8.87. The van der Waals surface area contributed by atoms with Gasteiger partial charge in [-0.2, -0.15) is 11.3 Å². The van der Waals surface area contributed by atoms with Gasteiger partial charge in [0, 0.05) is 19.6 Å². The van der Waals surface area contributed by atoms with Gasteiger partial charge < -0.3 is 14.8 Å². The van der Waals surface area contributed by atoms with E-state index in [0.29, 0.717) is 12.3 Å². The molecule has 1 amide bonds. The van der Waals surface area contributed by atoms with Crippen LogP contribution in [0.2, 0.25) is 0 Å². The Labute approximate surface area is 171 Å². The predicted octanol–water partition coefficient (Wildman–Crippen LogP) is 3.61. The third kappa shape index (κ3) is 5.80. The number of benzene rings is 1. The Morgan fingerprint density at radius 1 is 1.21 bits per heavy atom. The van der Waals surface area contributed by atoms with E-state index in [-0.39, 0.29) is 24.0 Å². The molecule has 0 bridgehead atoms. The predicted molar refractivity (Wildman–Crippen MR) is 113 cm³/mol. The summed E-state index contributed by atoms with van der Waals surface area (Å²) in [6, 6.07) is 10.3. The van der Waals surface area contributed by atoms with Gasteiger partial charge in [-0.05, 0) is 45.5 Å². The van der Waals surface area contributed by atoms with Crippen LogP contribution in [0.4, 0.5) is 0 Å². The summed E-state index contributed by atoms with van der Waals surface area (Å²) in [6.07, 6.45) is 0. The maximum Gasteiger partial charge on any atom is 0.258 e. The highest BCUT2D eigenvalue weighted by Gasteiger charge is 2.23. The first-order valence-electron chi connectivity index (χ1n) is 9.77. The van der Waals surface area contributed by atoms with Gasteiger partial charge in [0.1, 0.15) is 5.75 Å². The van der Waals surface area contributed by atoms with Crippen LogP contribution in [-0.4, -0.2) is 50.3 Å². The van der Waals surface area contributed by atoms with E-state index < -0.39 is 0 Å².